The lowest BCUT2D eigenvalue weighted by atomic mass is 10.1. The van der Waals surface area contributed by atoms with Crippen molar-refractivity contribution in [1.29, 1.82) is 0 Å². The Morgan fingerprint density at radius 3 is 1.79 bits per heavy atom. The molecule has 0 aromatic heterocycles. The summed E-state index contributed by atoms with van der Waals surface area (Å²) in [5, 5.41) is 17.7. The molecule has 0 aromatic rings. The van der Waals surface area contributed by atoms with Gasteiger partial charge in [-0.05, 0) is 12.8 Å². The number of aliphatic hydroxyl groups excluding tert-OH is 1. The summed E-state index contributed by atoms with van der Waals surface area (Å²) in [5.41, 5.74) is 0. The summed E-state index contributed by atoms with van der Waals surface area (Å²) in [6, 6.07) is 0. The minimum absolute atomic E-state index is 0.0248. The first kappa shape index (κ1) is 22.9. The largest absolute Gasteiger partial charge is 0.481 e. The van der Waals surface area contributed by atoms with Gasteiger partial charge in [0.15, 0.2) is 0 Å². The molecule has 0 aliphatic carbocycles. The van der Waals surface area contributed by atoms with Crippen LogP contribution in [0.1, 0.15) is 90.4 Å². The van der Waals surface area contributed by atoms with Crippen LogP contribution in [0.5, 0.6) is 0 Å². The van der Waals surface area contributed by atoms with Crippen LogP contribution < -0.4 is 0 Å². The Bertz CT molecular complexity index is 320. The van der Waals surface area contributed by atoms with Gasteiger partial charge >= 0.3 is 5.97 Å². The molecule has 0 atom stereocenters. The van der Waals surface area contributed by atoms with Crippen LogP contribution in [0, 0.1) is 0 Å². The molecular weight excluding hydrogens is 306 g/mol. The van der Waals surface area contributed by atoms with Crippen molar-refractivity contribution in [2.75, 3.05) is 19.7 Å². The Hall–Kier alpha value is -1.10. The van der Waals surface area contributed by atoms with Crippen LogP contribution in [0.3, 0.4) is 0 Å². The van der Waals surface area contributed by atoms with E-state index in [1.807, 2.05) is 0 Å². The zero-order valence-corrected chi connectivity index (χ0v) is 15.5. The fourth-order valence-electron chi connectivity index (χ4n) is 2.82. The molecule has 0 saturated carbocycles. The van der Waals surface area contributed by atoms with Crippen LogP contribution in [0.25, 0.3) is 0 Å². The predicted molar refractivity (Wildman–Crippen MR) is 97.0 cm³/mol. The highest BCUT2D eigenvalue weighted by molar-refractivity contribution is 5.77. The van der Waals surface area contributed by atoms with Gasteiger partial charge in [-0.1, -0.05) is 64.7 Å². The minimum atomic E-state index is -0.869. The van der Waals surface area contributed by atoms with E-state index in [9.17, 15) is 9.59 Å². The van der Waals surface area contributed by atoms with Crippen LogP contribution in [-0.2, 0) is 9.59 Å². The highest BCUT2D eigenvalue weighted by Crippen LogP contribution is 2.11. The summed E-state index contributed by atoms with van der Waals surface area (Å²) in [6.45, 7) is 3.21. The number of rotatable bonds is 17. The van der Waals surface area contributed by atoms with Gasteiger partial charge in [0.25, 0.3) is 0 Å². The van der Waals surface area contributed by atoms with Crippen molar-refractivity contribution in [3.05, 3.63) is 0 Å². The topological polar surface area (TPSA) is 77.8 Å². The maximum Gasteiger partial charge on any atom is 0.303 e. The summed E-state index contributed by atoms with van der Waals surface area (Å²) >= 11 is 0. The van der Waals surface area contributed by atoms with E-state index in [1.54, 1.807) is 4.90 Å². The molecule has 142 valence electrons. The van der Waals surface area contributed by atoms with Gasteiger partial charge in [0, 0.05) is 25.9 Å². The molecule has 0 saturated heterocycles. The molecular formula is C19H37NO4. The molecule has 2 N–H and O–H groups in total. The number of hydrogen-bond acceptors (Lipinski definition) is 3. The SMILES string of the molecule is CCCCCCCCCCCCN(CCO)C(=O)CCCC(=O)O. The van der Waals surface area contributed by atoms with Gasteiger partial charge in [0.2, 0.25) is 5.91 Å². The van der Waals surface area contributed by atoms with E-state index in [2.05, 4.69) is 6.92 Å². The van der Waals surface area contributed by atoms with Crippen LogP contribution in [-0.4, -0.2) is 46.7 Å². The van der Waals surface area contributed by atoms with Crippen molar-refractivity contribution >= 4 is 11.9 Å². The van der Waals surface area contributed by atoms with E-state index in [4.69, 9.17) is 10.2 Å². The lowest BCUT2D eigenvalue weighted by molar-refractivity contribution is -0.137. The predicted octanol–water partition coefficient (Wildman–Crippen LogP) is 3.98. The van der Waals surface area contributed by atoms with Gasteiger partial charge in [-0.25, -0.2) is 0 Å². The number of hydrogen-bond donors (Lipinski definition) is 2. The third-order valence-electron chi connectivity index (χ3n) is 4.29. The molecule has 0 unspecified atom stereocenters. The molecule has 0 aliphatic rings. The van der Waals surface area contributed by atoms with Crippen LogP contribution in [0.2, 0.25) is 0 Å². The quantitative estimate of drug-likeness (QED) is 0.392. The number of aliphatic carboxylic acids is 1. The van der Waals surface area contributed by atoms with Crippen molar-refractivity contribution in [2.24, 2.45) is 0 Å². The molecule has 0 aromatic carbocycles. The third kappa shape index (κ3) is 14.5. The normalized spacial score (nSPS) is 10.8. The van der Waals surface area contributed by atoms with E-state index < -0.39 is 5.97 Å². The number of carboxylic acids is 1. The summed E-state index contributed by atoms with van der Waals surface area (Å²) in [5.74, 6) is -0.910. The molecule has 0 radical (unpaired) electrons. The Morgan fingerprint density at radius 1 is 0.750 bits per heavy atom. The average molecular weight is 344 g/mol. The zero-order valence-electron chi connectivity index (χ0n) is 15.5. The Kier molecular flexibility index (Phi) is 16.0. The molecule has 5 nitrogen and oxygen atoms in total. The molecule has 0 bridgehead atoms. The number of aliphatic hydroxyl groups is 1. The average Bonchev–Trinajstić information content (AvgIpc) is 2.55. The summed E-state index contributed by atoms with van der Waals surface area (Å²) in [4.78, 5) is 24.2. The van der Waals surface area contributed by atoms with E-state index in [-0.39, 0.29) is 25.4 Å². The van der Waals surface area contributed by atoms with Crippen molar-refractivity contribution in [3.63, 3.8) is 0 Å². The number of nitrogens with zero attached hydrogens (tertiary/aromatic N) is 1. The monoisotopic (exact) mass is 343 g/mol. The van der Waals surface area contributed by atoms with E-state index in [0.717, 1.165) is 12.8 Å². The smallest absolute Gasteiger partial charge is 0.303 e. The first-order chi connectivity index (χ1) is 11.6. The number of unbranched alkanes of at least 4 members (excludes halogenated alkanes) is 9. The fourth-order valence-corrected chi connectivity index (χ4v) is 2.82. The summed E-state index contributed by atoms with van der Waals surface area (Å²) < 4.78 is 0. The minimum Gasteiger partial charge on any atom is -0.481 e. The molecule has 0 spiro atoms. The van der Waals surface area contributed by atoms with Gasteiger partial charge in [-0.2, -0.15) is 0 Å². The number of carboxylic acid groups (broad SMARTS) is 1. The standard InChI is InChI=1S/C19H37NO4/c1-2-3-4-5-6-7-8-9-10-11-15-20(16-17-21)18(22)13-12-14-19(23)24/h21H,2-17H2,1H3,(H,23,24). The zero-order chi connectivity index (χ0) is 18.0. The Labute approximate surface area is 147 Å². The van der Waals surface area contributed by atoms with Gasteiger partial charge in [-0.3, -0.25) is 9.59 Å². The molecule has 0 fully saturated rings. The van der Waals surface area contributed by atoms with Crippen molar-refractivity contribution in [2.45, 2.75) is 90.4 Å². The van der Waals surface area contributed by atoms with Gasteiger partial charge < -0.3 is 15.1 Å². The highest BCUT2D eigenvalue weighted by atomic mass is 16.4. The maximum absolute atomic E-state index is 12.0. The lowest BCUT2D eigenvalue weighted by Crippen LogP contribution is -2.34. The van der Waals surface area contributed by atoms with Gasteiger partial charge in [0.1, 0.15) is 0 Å². The fraction of sp³-hybridized carbons (Fsp3) is 0.895. The highest BCUT2D eigenvalue weighted by Gasteiger charge is 2.12. The van der Waals surface area contributed by atoms with Crippen molar-refractivity contribution in [3.8, 4) is 0 Å². The molecule has 0 aliphatic heterocycles. The summed E-state index contributed by atoms with van der Waals surface area (Å²) in [7, 11) is 0. The Morgan fingerprint density at radius 2 is 1.29 bits per heavy atom. The first-order valence-electron chi connectivity index (χ1n) is 9.72. The second-order valence-corrected chi connectivity index (χ2v) is 6.53. The third-order valence-corrected chi connectivity index (χ3v) is 4.29. The lowest BCUT2D eigenvalue weighted by Gasteiger charge is -2.21. The number of carbonyl (C=O) groups is 2. The van der Waals surface area contributed by atoms with Crippen LogP contribution in [0.15, 0.2) is 0 Å². The summed E-state index contributed by atoms with van der Waals surface area (Å²) in [6.07, 6.45) is 13.2. The van der Waals surface area contributed by atoms with Crippen LogP contribution in [0.4, 0.5) is 0 Å². The molecule has 0 rings (SSSR count). The van der Waals surface area contributed by atoms with Crippen LogP contribution >= 0.6 is 0 Å². The molecule has 1 amide bonds. The van der Waals surface area contributed by atoms with E-state index in [0.29, 0.717) is 19.5 Å². The number of carbonyl (C=O) groups excluding carboxylic acids is 1. The van der Waals surface area contributed by atoms with Crippen molar-refractivity contribution in [1.82, 2.24) is 4.90 Å². The molecule has 0 heterocycles. The first-order valence-corrected chi connectivity index (χ1v) is 9.72. The molecule has 5 heteroatoms. The van der Waals surface area contributed by atoms with E-state index >= 15 is 0 Å². The second-order valence-electron chi connectivity index (χ2n) is 6.53. The van der Waals surface area contributed by atoms with Gasteiger partial charge in [-0.15, -0.1) is 0 Å². The van der Waals surface area contributed by atoms with Gasteiger partial charge in [0.05, 0.1) is 6.61 Å². The van der Waals surface area contributed by atoms with E-state index in [1.165, 1.54) is 51.4 Å². The maximum atomic E-state index is 12.0. The van der Waals surface area contributed by atoms with Crippen molar-refractivity contribution < 1.29 is 19.8 Å². The number of amides is 1. The second kappa shape index (κ2) is 16.7. The Balaban J connectivity index is 3.66. The molecule has 24 heavy (non-hydrogen) atoms.